The van der Waals surface area contributed by atoms with Crippen molar-refractivity contribution < 1.29 is 9.59 Å². The molecule has 2 aliphatic rings. The molecule has 1 aromatic rings. The molecular weight excluding hydrogens is 314 g/mol. The average Bonchev–Trinajstić information content (AvgIpc) is 2.79. The minimum Gasteiger partial charge on any atom is -0.338 e. The number of nitrogens with zero attached hydrogens (tertiary/aromatic N) is 1. The van der Waals surface area contributed by atoms with Crippen LogP contribution in [0.15, 0.2) is 24.3 Å². The van der Waals surface area contributed by atoms with Gasteiger partial charge in [0.25, 0.3) is 0 Å². The van der Waals surface area contributed by atoms with Gasteiger partial charge in [-0.25, -0.2) is 0 Å². The molecule has 1 aromatic carbocycles. The highest BCUT2D eigenvalue weighted by Crippen LogP contribution is 2.26. The smallest absolute Gasteiger partial charge is 0.224 e. The normalized spacial score (nSPS) is 22.0. The summed E-state index contributed by atoms with van der Waals surface area (Å²) < 4.78 is 0. The first kappa shape index (κ1) is 17.9. The fraction of sp³-hybridized carbons (Fsp3) is 0.600. The van der Waals surface area contributed by atoms with Crippen LogP contribution in [0, 0.1) is 0 Å². The summed E-state index contributed by atoms with van der Waals surface area (Å²) in [6.45, 7) is 3.09. The van der Waals surface area contributed by atoms with Gasteiger partial charge in [0.05, 0.1) is 0 Å². The molecule has 5 nitrogen and oxygen atoms in total. The lowest BCUT2D eigenvalue weighted by Gasteiger charge is -2.27. The standard InChI is InChI=1S/C20H29N3O2/c1-15(24)22-17-10-8-16(9-11-17)13-21-18-12-20(25)23(14-18)19-6-4-2-3-5-7-19/h8-11,18-19,21H,2-7,12-14H2,1H3,(H,22,24). The van der Waals surface area contributed by atoms with E-state index in [2.05, 4.69) is 15.5 Å². The van der Waals surface area contributed by atoms with E-state index in [1.54, 1.807) is 0 Å². The number of amides is 2. The Morgan fingerprint density at radius 1 is 1.12 bits per heavy atom. The monoisotopic (exact) mass is 343 g/mol. The predicted molar refractivity (Wildman–Crippen MR) is 99.2 cm³/mol. The predicted octanol–water partition coefficient (Wildman–Crippen LogP) is 3.06. The Bertz CT molecular complexity index is 591. The summed E-state index contributed by atoms with van der Waals surface area (Å²) >= 11 is 0. The Balaban J connectivity index is 1.49. The number of hydrogen-bond donors (Lipinski definition) is 2. The quantitative estimate of drug-likeness (QED) is 0.808. The first-order valence-electron chi connectivity index (χ1n) is 9.51. The number of hydrogen-bond acceptors (Lipinski definition) is 3. The van der Waals surface area contributed by atoms with Crippen molar-refractivity contribution in [3.8, 4) is 0 Å². The van der Waals surface area contributed by atoms with Crippen molar-refractivity contribution in [3.63, 3.8) is 0 Å². The van der Waals surface area contributed by atoms with E-state index in [9.17, 15) is 9.59 Å². The molecule has 5 heteroatoms. The summed E-state index contributed by atoms with van der Waals surface area (Å²) in [6, 6.07) is 8.55. The Hall–Kier alpha value is -1.88. The van der Waals surface area contributed by atoms with Gasteiger partial charge in [0, 0.05) is 44.2 Å². The summed E-state index contributed by atoms with van der Waals surface area (Å²) in [5, 5.41) is 6.29. The van der Waals surface area contributed by atoms with E-state index in [-0.39, 0.29) is 11.9 Å². The highest BCUT2D eigenvalue weighted by molar-refractivity contribution is 5.88. The van der Waals surface area contributed by atoms with Crippen LogP contribution >= 0.6 is 0 Å². The molecule has 2 fully saturated rings. The number of rotatable bonds is 5. The zero-order valence-corrected chi connectivity index (χ0v) is 15.1. The second kappa shape index (κ2) is 8.48. The molecule has 136 valence electrons. The molecule has 1 aliphatic heterocycles. The lowest BCUT2D eigenvalue weighted by molar-refractivity contribution is -0.129. The fourth-order valence-electron chi connectivity index (χ4n) is 3.96. The molecule has 1 saturated carbocycles. The second-order valence-electron chi connectivity index (χ2n) is 7.35. The van der Waals surface area contributed by atoms with Crippen molar-refractivity contribution in [2.24, 2.45) is 0 Å². The van der Waals surface area contributed by atoms with Crippen molar-refractivity contribution in [1.29, 1.82) is 0 Å². The maximum absolute atomic E-state index is 12.4. The molecule has 0 aromatic heterocycles. The number of likely N-dealkylation sites (tertiary alicyclic amines) is 1. The molecule has 25 heavy (non-hydrogen) atoms. The summed E-state index contributed by atoms with van der Waals surface area (Å²) in [5.74, 6) is 0.249. The number of nitrogens with one attached hydrogen (secondary N) is 2. The van der Waals surface area contributed by atoms with E-state index in [0.717, 1.165) is 24.3 Å². The fourth-order valence-corrected chi connectivity index (χ4v) is 3.96. The zero-order valence-electron chi connectivity index (χ0n) is 15.1. The van der Waals surface area contributed by atoms with E-state index in [4.69, 9.17) is 0 Å². The van der Waals surface area contributed by atoms with E-state index < -0.39 is 0 Å². The Labute approximate surface area is 150 Å². The van der Waals surface area contributed by atoms with Gasteiger partial charge in [-0.1, -0.05) is 37.8 Å². The van der Waals surface area contributed by atoms with Crippen LogP contribution in [0.5, 0.6) is 0 Å². The van der Waals surface area contributed by atoms with Crippen LogP contribution < -0.4 is 10.6 Å². The molecule has 1 atom stereocenters. The Morgan fingerprint density at radius 3 is 2.44 bits per heavy atom. The lowest BCUT2D eigenvalue weighted by atomic mass is 10.1. The molecular formula is C20H29N3O2. The number of benzene rings is 1. The molecule has 1 unspecified atom stereocenters. The van der Waals surface area contributed by atoms with Gasteiger partial charge in [0.2, 0.25) is 11.8 Å². The molecule has 1 heterocycles. The first-order chi connectivity index (χ1) is 12.1. The molecule has 0 radical (unpaired) electrons. The van der Waals surface area contributed by atoms with Crippen molar-refractivity contribution in [2.45, 2.75) is 70.5 Å². The number of carbonyl (C=O) groups excluding carboxylic acids is 2. The minimum absolute atomic E-state index is 0.0612. The van der Waals surface area contributed by atoms with Gasteiger partial charge in [0.1, 0.15) is 0 Å². The third-order valence-electron chi connectivity index (χ3n) is 5.29. The molecule has 2 N–H and O–H groups in total. The van der Waals surface area contributed by atoms with Gasteiger partial charge in [-0.3, -0.25) is 9.59 Å². The first-order valence-corrected chi connectivity index (χ1v) is 9.51. The zero-order chi connectivity index (χ0) is 17.6. The van der Waals surface area contributed by atoms with Crippen LogP contribution in [0.3, 0.4) is 0 Å². The minimum atomic E-state index is -0.0612. The van der Waals surface area contributed by atoms with E-state index >= 15 is 0 Å². The van der Waals surface area contributed by atoms with E-state index in [1.165, 1.54) is 45.4 Å². The maximum Gasteiger partial charge on any atom is 0.224 e. The Kier molecular flexibility index (Phi) is 6.08. The van der Waals surface area contributed by atoms with Gasteiger partial charge in [-0.2, -0.15) is 0 Å². The van der Waals surface area contributed by atoms with Crippen molar-refractivity contribution in [2.75, 3.05) is 11.9 Å². The topological polar surface area (TPSA) is 61.4 Å². The molecule has 2 amide bonds. The summed E-state index contributed by atoms with van der Waals surface area (Å²) in [6.07, 6.45) is 8.09. The van der Waals surface area contributed by atoms with Crippen LogP contribution in [-0.4, -0.2) is 35.3 Å². The van der Waals surface area contributed by atoms with Gasteiger partial charge in [-0.05, 0) is 30.5 Å². The number of anilines is 1. The Morgan fingerprint density at radius 2 is 1.80 bits per heavy atom. The molecule has 0 bridgehead atoms. The third-order valence-corrected chi connectivity index (χ3v) is 5.29. The molecule has 1 aliphatic carbocycles. The largest absolute Gasteiger partial charge is 0.338 e. The highest BCUT2D eigenvalue weighted by atomic mass is 16.2. The highest BCUT2D eigenvalue weighted by Gasteiger charge is 2.33. The van der Waals surface area contributed by atoms with Gasteiger partial charge < -0.3 is 15.5 Å². The van der Waals surface area contributed by atoms with Crippen molar-refractivity contribution >= 4 is 17.5 Å². The SMILES string of the molecule is CC(=O)Nc1ccc(CNC2CC(=O)N(C3CCCCCC3)C2)cc1. The van der Waals surface area contributed by atoms with Gasteiger partial charge in [-0.15, -0.1) is 0 Å². The van der Waals surface area contributed by atoms with Crippen LogP contribution in [0.4, 0.5) is 5.69 Å². The summed E-state index contributed by atoms with van der Waals surface area (Å²) in [5.41, 5.74) is 1.97. The molecule has 3 rings (SSSR count). The van der Waals surface area contributed by atoms with Gasteiger partial charge in [0.15, 0.2) is 0 Å². The van der Waals surface area contributed by atoms with E-state index in [1.807, 2.05) is 24.3 Å². The van der Waals surface area contributed by atoms with Crippen molar-refractivity contribution in [1.82, 2.24) is 10.2 Å². The van der Waals surface area contributed by atoms with Crippen LogP contribution in [0.2, 0.25) is 0 Å². The molecule has 0 spiro atoms. The van der Waals surface area contributed by atoms with Crippen LogP contribution in [0.25, 0.3) is 0 Å². The van der Waals surface area contributed by atoms with Gasteiger partial charge >= 0.3 is 0 Å². The molecule has 1 saturated heterocycles. The average molecular weight is 343 g/mol. The van der Waals surface area contributed by atoms with Crippen molar-refractivity contribution in [3.05, 3.63) is 29.8 Å². The third kappa shape index (κ3) is 5.05. The van der Waals surface area contributed by atoms with Crippen LogP contribution in [-0.2, 0) is 16.1 Å². The second-order valence-corrected chi connectivity index (χ2v) is 7.35. The summed E-state index contributed by atoms with van der Waals surface area (Å²) in [7, 11) is 0. The summed E-state index contributed by atoms with van der Waals surface area (Å²) in [4.78, 5) is 25.6. The lowest BCUT2D eigenvalue weighted by Crippen LogP contribution is -2.38. The maximum atomic E-state index is 12.4. The van der Waals surface area contributed by atoms with E-state index in [0.29, 0.717) is 18.4 Å². The number of carbonyl (C=O) groups is 2. The van der Waals surface area contributed by atoms with Crippen LogP contribution in [0.1, 0.15) is 57.4 Å².